The lowest BCUT2D eigenvalue weighted by atomic mass is 10.2. The number of para-hydroxylation sites is 3. The van der Waals surface area contributed by atoms with Gasteiger partial charge in [0.15, 0.2) is 6.61 Å². The standard InChI is InChI=1S/C23H17NO4/c25-22(16-27-21-15-23(26)28-20-14-8-7-13-19(20)21)24(17-9-3-1-4-10-17)18-11-5-2-6-12-18/h1-15H,16H2. The summed E-state index contributed by atoms with van der Waals surface area (Å²) in [6.45, 7) is -0.225. The number of fused-ring (bicyclic) bond motifs is 1. The smallest absolute Gasteiger partial charge is 0.339 e. The van der Waals surface area contributed by atoms with Crippen LogP contribution in [-0.4, -0.2) is 12.5 Å². The third kappa shape index (κ3) is 3.64. The maximum Gasteiger partial charge on any atom is 0.339 e. The topological polar surface area (TPSA) is 59.8 Å². The Morgan fingerprint density at radius 3 is 2.04 bits per heavy atom. The molecule has 0 unspecified atom stereocenters. The molecule has 0 aliphatic heterocycles. The number of ether oxygens (including phenoxy) is 1. The highest BCUT2D eigenvalue weighted by molar-refractivity contribution is 6.01. The van der Waals surface area contributed by atoms with Gasteiger partial charge in [0.25, 0.3) is 5.91 Å². The molecule has 0 saturated carbocycles. The van der Waals surface area contributed by atoms with E-state index in [1.807, 2.05) is 66.7 Å². The van der Waals surface area contributed by atoms with E-state index < -0.39 is 5.63 Å². The molecule has 0 aliphatic rings. The summed E-state index contributed by atoms with van der Waals surface area (Å²) in [5.74, 6) is 0.0657. The fourth-order valence-corrected chi connectivity index (χ4v) is 3.00. The van der Waals surface area contributed by atoms with Gasteiger partial charge in [-0.1, -0.05) is 48.5 Å². The van der Waals surface area contributed by atoms with E-state index in [2.05, 4.69) is 0 Å². The lowest BCUT2D eigenvalue weighted by molar-refractivity contribution is -0.119. The Balaban J connectivity index is 1.64. The van der Waals surface area contributed by atoms with E-state index in [0.29, 0.717) is 16.7 Å². The minimum Gasteiger partial charge on any atom is -0.483 e. The van der Waals surface area contributed by atoms with E-state index in [-0.39, 0.29) is 12.5 Å². The van der Waals surface area contributed by atoms with Crippen molar-refractivity contribution < 1.29 is 13.9 Å². The van der Waals surface area contributed by atoms with Crippen molar-refractivity contribution in [3.63, 3.8) is 0 Å². The van der Waals surface area contributed by atoms with Crippen molar-refractivity contribution in [1.29, 1.82) is 0 Å². The van der Waals surface area contributed by atoms with Crippen molar-refractivity contribution in [3.05, 3.63) is 101 Å². The van der Waals surface area contributed by atoms with E-state index in [1.54, 1.807) is 23.1 Å². The van der Waals surface area contributed by atoms with Gasteiger partial charge in [0.1, 0.15) is 11.3 Å². The predicted molar refractivity (Wildman–Crippen MR) is 108 cm³/mol. The number of hydrogen-bond donors (Lipinski definition) is 0. The van der Waals surface area contributed by atoms with Crippen LogP contribution in [0.15, 0.2) is 100 Å². The van der Waals surface area contributed by atoms with Crippen LogP contribution in [0.1, 0.15) is 0 Å². The molecule has 0 radical (unpaired) electrons. The summed E-state index contributed by atoms with van der Waals surface area (Å²) < 4.78 is 10.9. The molecule has 0 N–H and O–H groups in total. The number of carbonyl (C=O) groups is 1. The largest absolute Gasteiger partial charge is 0.483 e. The van der Waals surface area contributed by atoms with Gasteiger partial charge < -0.3 is 9.15 Å². The highest BCUT2D eigenvalue weighted by Gasteiger charge is 2.19. The van der Waals surface area contributed by atoms with Crippen molar-refractivity contribution in [2.24, 2.45) is 0 Å². The van der Waals surface area contributed by atoms with Crippen molar-refractivity contribution >= 4 is 28.3 Å². The minimum absolute atomic E-state index is 0.225. The summed E-state index contributed by atoms with van der Waals surface area (Å²) in [4.78, 5) is 26.4. The van der Waals surface area contributed by atoms with Crippen molar-refractivity contribution in [1.82, 2.24) is 0 Å². The Bertz CT molecular complexity index is 1110. The van der Waals surface area contributed by atoms with Gasteiger partial charge in [0.05, 0.1) is 11.5 Å². The molecule has 0 fully saturated rings. The molecule has 1 amide bonds. The Labute approximate surface area is 161 Å². The molecule has 0 bridgehead atoms. The predicted octanol–water partition coefficient (Wildman–Crippen LogP) is 4.54. The number of hydrogen-bond acceptors (Lipinski definition) is 4. The molecular formula is C23H17NO4. The summed E-state index contributed by atoms with van der Waals surface area (Å²) in [5.41, 5.74) is 1.36. The third-order valence-electron chi connectivity index (χ3n) is 4.24. The Kier molecular flexibility index (Phi) is 4.89. The molecule has 4 aromatic rings. The van der Waals surface area contributed by atoms with Gasteiger partial charge in [0.2, 0.25) is 0 Å². The highest BCUT2D eigenvalue weighted by Crippen LogP contribution is 2.27. The highest BCUT2D eigenvalue weighted by atomic mass is 16.5. The zero-order valence-electron chi connectivity index (χ0n) is 14.9. The average Bonchev–Trinajstić information content (AvgIpc) is 2.73. The molecule has 3 aromatic carbocycles. The molecule has 4 rings (SSSR count). The number of rotatable bonds is 5. The van der Waals surface area contributed by atoms with Crippen LogP contribution in [-0.2, 0) is 4.79 Å². The molecule has 5 heteroatoms. The summed E-state index contributed by atoms with van der Waals surface area (Å²) in [5, 5.41) is 0.640. The lowest BCUT2D eigenvalue weighted by Gasteiger charge is -2.23. The van der Waals surface area contributed by atoms with Gasteiger partial charge >= 0.3 is 5.63 Å². The van der Waals surface area contributed by atoms with Gasteiger partial charge in [-0.25, -0.2) is 4.79 Å². The number of carbonyl (C=O) groups excluding carboxylic acids is 1. The van der Waals surface area contributed by atoms with Crippen LogP contribution >= 0.6 is 0 Å². The zero-order valence-corrected chi connectivity index (χ0v) is 14.9. The second-order valence-electron chi connectivity index (χ2n) is 6.11. The Hall–Kier alpha value is -3.86. The average molecular weight is 371 g/mol. The number of amides is 1. The SMILES string of the molecule is O=C(COc1cc(=O)oc2ccccc12)N(c1ccccc1)c1ccccc1. The summed E-state index contributed by atoms with van der Waals surface area (Å²) in [6.07, 6.45) is 0. The molecule has 28 heavy (non-hydrogen) atoms. The van der Waals surface area contributed by atoms with Crippen LogP contribution in [0.3, 0.4) is 0 Å². The van der Waals surface area contributed by atoms with Crippen LogP contribution in [0, 0.1) is 0 Å². The van der Waals surface area contributed by atoms with Crippen molar-refractivity contribution in [2.45, 2.75) is 0 Å². The van der Waals surface area contributed by atoms with Crippen LogP contribution < -0.4 is 15.3 Å². The third-order valence-corrected chi connectivity index (χ3v) is 4.24. The molecule has 1 aromatic heterocycles. The number of nitrogens with zero attached hydrogens (tertiary/aromatic N) is 1. The van der Waals surface area contributed by atoms with Crippen LogP contribution in [0.4, 0.5) is 11.4 Å². The van der Waals surface area contributed by atoms with E-state index in [9.17, 15) is 9.59 Å². The molecular weight excluding hydrogens is 354 g/mol. The Morgan fingerprint density at radius 2 is 1.39 bits per heavy atom. The van der Waals surface area contributed by atoms with Crippen molar-refractivity contribution in [3.8, 4) is 5.75 Å². The summed E-state index contributed by atoms with van der Waals surface area (Å²) in [6, 6.07) is 27.0. The van der Waals surface area contributed by atoms with Crippen LogP contribution in [0.25, 0.3) is 11.0 Å². The second kappa shape index (κ2) is 7.80. The van der Waals surface area contributed by atoms with E-state index >= 15 is 0 Å². The van der Waals surface area contributed by atoms with Gasteiger partial charge in [-0.05, 0) is 36.4 Å². The van der Waals surface area contributed by atoms with E-state index in [1.165, 1.54) is 6.07 Å². The monoisotopic (exact) mass is 371 g/mol. The fraction of sp³-hybridized carbons (Fsp3) is 0.0435. The maximum absolute atomic E-state index is 13.0. The Morgan fingerprint density at radius 1 is 0.821 bits per heavy atom. The second-order valence-corrected chi connectivity index (χ2v) is 6.11. The first-order chi connectivity index (χ1) is 13.7. The molecule has 138 valence electrons. The first-order valence-corrected chi connectivity index (χ1v) is 8.81. The summed E-state index contributed by atoms with van der Waals surface area (Å²) >= 11 is 0. The van der Waals surface area contributed by atoms with Gasteiger partial charge in [0, 0.05) is 11.4 Å². The maximum atomic E-state index is 13.0. The minimum atomic E-state index is -0.524. The number of anilines is 2. The van der Waals surface area contributed by atoms with E-state index in [0.717, 1.165) is 11.4 Å². The molecule has 0 aliphatic carbocycles. The molecule has 0 atom stereocenters. The van der Waals surface area contributed by atoms with E-state index in [4.69, 9.17) is 9.15 Å². The molecule has 5 nitrogen and oxygen atoms in total. The van der Waals surface area contributed by atoms with Crippen LogP contribution in [0.2, 0.25) is 0 Å². The van der Waals surface area contributed by atoms with Crippen molar-refractivity contribution in [2.75, 3.05) is 11.5 Å². The number of benzene rings is 3. The van der Waals surface area contributed by atoms with Gasteiger partial charge in [-0.15, -0.1) is 0 Å². The fourth-order valence-electron chi connectivity index (χ4n) is 3.00. The summed E-state index contributed by atoms with van der Waals surface area (Å²) in [7, 11) is 0. The first-order valence-electron chi connectivity index (χ1n) is 8.81. The van der Waals surface area contributed by atoms with Crippen LogP contribution in [0.5, 0.6) is 5.75 Å². The molecule has 0 saturated heterocycles. The van der Waals surface area contributed by atoms with Gasteiger partial charge in [-0.2, -0.15) is 0 Å². The normalized spacial score (nSPS) is 10.6. The lowest BCUT2D eigenvalue weighted by Crippen LogP contribution is -2.31. The first kappa shape index (κ1) is 17.5. The zero-order chi connectivity index (χ0) is 19.3. The quantitative estimate of drug-likeness (QED) is 0.484. The molecule has 0 spiro atoms. The molecule has 1 heterocycles. The van der Waals surface area contributed by atoms with Gasteiger partial charge in [-0.3, -0.25) is 9.69 Å².